The summed E-state index contributed by atoms with van der Waals surface area (Å²) in [6.07, 6.45) is 12.0. The van der Waals surface area contributed by atoms with Crippen LogP contribution in [0.4, 0.5) is 0 Å². The number of allylic oxidation sites excluding steroid dienone is 3. The van der Waals surface area contributed by atoms with Crippen LogP contribution in [0.15, 0.2) is 41.6 Å². The number of fused-ring (bicyclic) bond motifs is 5. The minimum Gasteiger partial charge on any atom is -0.162 e. The lowest BCUT2D eigenvalue weighted by Gasteiger charge is -2.22. The average molecular weight is 309 g/mol. The smallest absolute Gasteiger partial charge is 0.162 e. The molecule has 0 amide bonds. The first-order valence-corrected chi connectivity index (χ1v) is 11.4. The van der Waals surface area contributed by atoms with Gasteiger partial charge < -0.3 is 0 Å². The van der Waals surface area contributed by atoms with E-state index in [4.69, 9.17) is 11.1 Å². The van der Waals surface area contributed by atoms with Crippen LogP contribution in [-0.4, -0.2) is 7.38 Å². The standard InChI is InChI=1S/C19H17ClSi/c1-21(2,20)15-9-6-14-8-10-17-16-5-3-4-13(16)7-11-18(17)19(14)12-15/h3-11H,12H2,1-2H3. The molecule has 0 radical (unpaired) electrons. The summed E-state index contributed by atoms with van der Waals surface area (Å²) in [5, 5.41) is 6.83. The number of halogens is 1. The van der Waals surface area contributed by atoms with Crippen molar-refractivity contribution < 1.29 is 0 Å². The molecule has 2 heteroatoms. The molecule has 2 aliphatic rings. The van der Waals surface area contributed by atoms with Crippen LogP contribution in [-0.2, 0) is 6.42 Å². The minimum atomic E-state index is -1.75. The molecule has 0 spiro atoms. The van der Waals surface area contributed by atoms with Crippen molar-refractivity contribution in [1.82, 2.24) is 0 Å². The molecule has 104 valence electrons. The maximum atomic E-state index is 6.66. The van der Waals surface area contributed by atoms with Crippen molar-refractivity contribution in [1.29, 1.82) is 0 Å². The summed E-state index contributed by atoms with van der Waals surface area (Å²) in [6, 6.07) is 9.02. The number of hydrogen-bond donors (Lipinski definition) is 0. The fraction of sp³-hybridized carbons (Fsp3) is 0.158. The van der Waals surface area contributed by atoms with Crippen LogP contribution < -0.4 is 10.4 Å². The van der Waals surface area contributed by atoms with Gasteiger partial charge in [0.25, 0.3) is 0 Å². The summed E-state index contributed by atoms with van der Waals surface area (Å²) >= 11 is 6.66. The molecule has 0 bridgehead atoms. The van der Waals surface area contributed by atoms with Gasteiger partial charge in [-0.15, -0.1) is 0 Å². The molecule has 0 fully saturated rings. The molecule has 0 aromatic heterocycles. The normalized spacial score (nSPS) is 16.0. The van der Waals surface area contributed by atoms with Crippen molar-refractivity contribution in [2.45, 2.75) is 19.5 Å². The third-order valence-electron chi connectivity index (χ3n) is 4.56. The predicted molar refractivity (Wildman–Crippen MR) is 96.3 cm³/mol. The highest BCUT2D eigenvalue weighted by molar-refractivity contribution is 7.23. The van der Waals surface area contributed by atoms with E-state index in [2.05, 4.69) is 67.7 Å². The second kappa shape index (κ2) is 4.46. The first-order chi connectivity index (χ1) is 10.0. The topological polar surface area (TPSA) is 0 Å². The SMILES string of the molecule is C[Si](C)(Cl)C1=CC=c2ccc3c4c(ccc3c2C1)=CC=C4. The van der Waals surface area contributed by atoms with Crippen LogP contribution in [0.5, 0.6) is 0 Å². The van der Waals surface area contributed by atoms with Crippen LogP contribution in [0, 0.1) is 0 Å². The second-order valence-corrected chi connectivity index (χ2v) is 12.8. The molecule has 0 atom stereocenters. The number of hydrogen-bond acceptors (Lipinski definition) is 0. The Morgan fingerprint density at radius 1 is 0.905 bits per heavy atom. The zero-order valence-electron chi connectivity index (χ0n) is 12.3. The third kappa shape index (κ3) is 2.04. The lowest BCUT2D eigenvalue weighted by atomic mass is 9.94. The first-order valence-electron chi connectivity index (χ1n) is 7.37. The monoisotopic (exact) mass is 308 g/mol. The van der Waals surface area contributed by atoms with E-state index in [1.54, 1.807) is 0 Å². The van der Waals surface area contributed by atoms with Gasteiger partial charge in [-0.05, 0) is 38.8 Å². The van der Waals surface area contributed by atoms with E-state index in [0.29, 0.717) is 0 Å². The Labute approximate surface area is 130 Å². The summed E-state index contributed by atoms with van der Waals surface area (Å²) < 4.78 is 0. The number of rotatable bonds is 1. The van der Waals surface area contributed by atoms with Crippen LogP contribution in [0.25, 0.3) is 29.0 Å². The van der Waals surface area contributed by atoms with E-state index in [9.17, 15) is 0 Å². The van der Waals surface area contributed by atoms with Crippen LogP contribution in [0.3, 0.4) is 0 Å². The van der Waals surface area contributed by atoms with E-state index in [1.807, 2.05) is 0 Å². The Balaban J connectivity index is 2.01. The molecule has 2 aromatic carbocycles. The summed E-state index contributed by atoms with van der Waals surface area (Å²) in [7, 11) is -1.75. The molecular formula is C19H17ClSi. The third-order valence-corrected chi connectivity index (χ3v) is 7.16. The summed E-state index contributed by atoms with van der Waals surface area (Å²) in [4.78, 5) is 0. The van der Waals surface area contributed by atoms with E-state index in [0.717, 1.165) is 6.42 Å². The van der Waals surface area contributed by atoms with Crippen molar-refractivity contribution in [2.75, 3.05) is 0 Å². The highest BCUT2D eigenvalue weighted by Crippen LogP contribution is 2.28. The molecule has 0 unspecified atom stereocenters. The van der Waals surface area contributed by atoms with Crippen molar-refractivity contribution in [2.24, 2.45) is 0 Å². The first kappa shape index (κ1) is 13.1. The number of benzene rings is 2. The predicted octanol–water partition coefficient (Wildman–Crippen LogP) is 3.89. The van der Waals surface area contributed by atoms with Crippen LogP contribution in [0.1, 0.15) is 11.1 Å². The molecule has 4 rings (SSSR count). The van der Waals surface area contributed by atoms with Crippen LogP contribution in [0.2, 0.25) is 13.1 Å². The van der Waals surface area contributed by atoms with E-state index in [1.165, 1.54) is 37.5 Å². The van der Waals surface area contributed by atoms with Gasteiger partial charge >= 0.3 is 0 Å². The van der Waals surface area contributed by atoms with Crippen molar-refractivity contribution in [3.8, 4) is 0 Å². The van der Waals surface area contributed by atoms with Gasteiger partial charge in [-0.25, -0.2) is 0 Å². The molecule has 0 aliphatic heterocycles. The van der Waals surface area contributed by atoms with Gasteiger partial charge in [0.1, 0.15) is 0 Å². The fourth-order valence-electron chi connectivity index (χ4n) is 3.31. The molecule has 0 saturated heterocycles. The lowest BCUT2D eigenvalue weighted by molar-refractivity contribution is 1.21. The highest BCUT2D eigenvalue weighted by Gasteiger charge is 2.25. The van der Waals surface area contributed by atoms with E-state index >= 15 is 0 Å². The van der Waals surface area contributed by atoms with E-state index < -0.39 is 7.38 Å². The minimum absolute atomic E-state index is 0.998. The van der Waals surface area contributed by atoms with Crippen LogP contribution >= 0.6 is 11.1 Å². The molecule has 0 heterocycles. The Hall–Kier alpha value is -1.57. The van der Waals surface area contributed by atoms with E-state index in [-0.39, 0.29) is 0 Å². The van der Waals surface area contributed by atoms with Gasteiger partial charge in [-0.1, -0.05) is 72.9 Å². The lowest BCUT2D eigenvalue weighted by Crippen LogP contribution is -2.27. The van der Waals surface area contributed by atoms with Gasteiger partial charge in [0.05, 0.1) is 0 Å². The molecule has 2 aliphatic carbocycles. The Bertz CT molecular complexity index is 940. The summed E-state index contributed by atoms with van der Waals surface area (Å²) in [6.45, 7) is 4.42. The van der Waals surface area contributed by atoms with Crippen molar-refractivity contribution in [3.05, 3.63) is 63.2 Å². The van der Waals surface area contributed by atoms with Gasteiger partial charge in [-0.2, -0.15) is 11.1 Å². The van der Waals surface area contributed by atoms with Crippen molar-refractivity contribution >= 4 is 47.5 Å². The van der Waals surface area contributed by atoms with Gasteiger partial charge in [-0.3, -0.25) is 0 Å². The van der Waals surface area contributed by atoms with Gasteiger partial charge in [0.2, 0.25) is 0 Å². The second-order valence-electron chi connectivity index (χ2n) is 6.33. The summed E-state index contributed by atoms with van der Waals surface area (Å²) in [5.41, 5.74) is 2.79. The molecule has 2 aromatic rings. The molecule has 0 nitrogen and oxygen atoms in total. The maximum Gasteiger partial charge on any atom is 0.177 e. The van der Waals surface area contributed by atoms with Crippen molar-refractivity contribution in [3.63, 3.8) is 0 Å². The zero-order valence-corrected chi connectivity index (χ0v) is 14.0. The summed E-state index contributed by atoms with van der Waals surface area (Å²) in [5.74, 6) is 0. The molecular weight excluding hydrogens is 292 g/mol. The average Bonchev–Trinajstić information content (AvgIpc) is 2.94. The highest BCUT2D eigenvalue weighted by atomic mass is 35.6. The largest absolute Gasteiger partial charge is 0.177 e. The Kier molecular flexibility index (Phi) is 2.78. The quantitative estimate of drug-likeness (QED) is 0.554. The van der Waals surface area contributed by atoms with Gasteiger partial charge in [0, 0.05) is 0 Å². The molecule has 21 heavy (non-hydrogen) atoms. The maximum absolute atomic E-state index is 6.66. The van der Waals surface area contributed by atoms with Gasteiger partial charge in [0.15, 0.2) is 7.38 Å². The fourth-order valence-corrected chi connectivity index (χ4v) is 4.77. The zero-order chi connectivity index (χ0) is 14.6. The Morgan fingerprint density at radius 3 is 2.48 bits per heavy atom. The molecule has 0 saturated carbocycles. The Morgan fingerprint density at radius 2 is 1.67 bits per heavy atom. The molecule has 0 N–H and O–H groups in total.